The van der Waals surface area contributed by atoms with Crippen molar-refractivity contribution in [2.75, 3.05) is 6.54 Å². The Bertz CT molecular complexity index is 386. The molecule has 112 valence electrons. The van der Waals surface area contributed by atoms with Gasteiger partial charge in [-0.05, 0) is 80.7 Å². The summed E-state index contributed by atoms with van der Waals surface area (Å²) in [5, 5.41) is 5.95. The first-order chi connectivity index (χ1) is 9.85. The minimum Gasteiger partial charge on any atom is -0.314 e. The smallest absolute Gasteiger partial charge is 0.00698 e. The van der Waals surface area contributed by atoms with Gasteiger partial charge in [0, 0.05) is 10.9 Å². The van der Waals surface area contributed by atoms with Gasteiger partial charge in [-0.3, -0.25) is 0 Å². The highest BCUT2D eigenvalue weighted by molar-refractivity contribution is 7.09. The Morgan fingerprint density at radius 3 is 2.95 bits per heavy atom. The molecule has 2 saturated carbocycles. The summed E-state index contributed by atoms with van der Waals surface area (Å²) in [4.78, 5) is 1.56. The molecule has 1 aromatic rings. The molecule has 2 aliphatic rings. The fourth-order valence-electron chi connectivity index (χ4n) is 4.60. The van der Waals surface area contributed by atoms with Crippen LogP contribution in [0.2, 0.25) is 0 Å². The maximum absolute atomic E-state index is 3.75. The van der Waals surface area contributed by atoms with E-state index in [4.69, 9.17) is 0 Å². The van der Waals surface area contributed by atoms with Gasteiger partial charge in [0.15, 0.2) is 0 Å². The van der Waals surface area contributed by atoms with Crippen molar-refractivity contribution in [1.82, 2.24) is 5.32 Å². The van der Waals surface area contributed by atoms with Crippen LogP contribution in [0, 0.1) is 17.8 Å². The molecular weight excluding hydrogens is 262 g/mol. The second-order valence-corrected chi connectivity index (χ2v) is 7.93. The molecule has 1 aromatic heterocycles. The van der Waals surface area contributed by atoms with Crippen LogP contribution in [0.4, 0.5) is 0 Å². The monoisotopic (exact) mass is 291 g/mol. The summed E-state index contributed by atoms with van der Waals surface area (Å²) in [6.07, 6.45) is 11.6. The molecule has 4 atom stereocenters. The van der Waals surface area contributed by atoms with Gasteiger partial charge in [0.2, 0.25) is 0 Å². The Hall–Kier alpha value is -0.340. The van der Waals surface area contributed by atoms with Crippen LogP contribution in [-0.2, 0) is 6.42 Å². The van der Waals surface area contributed by atoms with E-state index in [1.54, 1.807) is 11.3 Å². The molecule has 1 nitrogen and oxygen atoms in total. The van der Waals surface area contributed by atoms with Crippen molar-refractivity contribution in [3.8, 4) is 0 Å². The maximum atomic E-state index is 3.75. The normalized spacial score (nSPS) is 29.9. The van der Waals surface area contributed by atoms with E-state index in [0.717, 1.165) is 30.3 Å². The third-order valence-corrected chi connectivity index (χ3v) is 6.46. The van der Waals surface area contributed by atoms with Gasteiger partial charge in [0.25, 0.3) is 0 Å². The zero-order chi connectivity index (χ0) is 13.8. The summed E-state index contributed by atoms with van der Waals surface area (Å²) < 4.78 is 0. The number of hydrogen-bond donors (Lipinski definition) is 1. The minimum atomic E-state index is 0.768. The van der Waals surface area contributed by atoms with Crippen molar-refractivity contribution in [2.45, 2.75) is 64.3 Å². The number of rotatable bonds is 8. The van der Waals surface area contributed by atoms with E-state index < -0.39 is 0 Å². The fourth-order valence-corrected chi connectivity index (χ4v) is 5.35. The lowest BCUT2D eigenvalue weighted by atomic mass is 9.83. The van der Waals surface area contributed by atoms with Crippen LogP contribution in [0.3, 0.4) is 0 Å². The van der Waals surface area contributed by atoms with Gasteiger partial charge in [-0.2, -0.15) is 0 Å². The van der Waals surface area contributed by atoms with Crippen LogP contribution in [0.15, 0.2) is 17.5 Å². The van der Waals surface area contributed by atoms with E-state index in [0.29, 0.717) is 0 Å². The zero-order valence-electron chi connectivity index (χ0n) is 12.8. The predicted octanol–water partition coefficient (Wildman–Crippen LogP) is 4.88. The zero-order valence-corrected chi connectivity index (χ0v) is 13.6. The highest BCUT2D eigenvalue weighted by Gasteiger charge is 2.39. The molecule has 0 aromatic carbocycles. The summed E-state index contributed by atoms with van der Waals surface area (Å²) in [7, 11) is 0. The molecule has 0 aliphatic heterocycles. The van der Waals surface area contributed by atoms with Crippen LogP contribution in [-0.4, -0.2) is 12.6 Å². The maximum Gasteiger partial charge on any atom is 0.00698 e. The van der Waals surface area contributed by atoms with Gasteiger partial charge < -0.3 is 5.32 Å². The van der Waals surface area contributed by atoms with Crippen LogP contribution >= 0.6 is 11.3 Å². The first-order valence-electron chi connectivity index (χ1n) is 8.61. The molecule has 0 spiro atoms. The highest BCUT2D eigenvalue weighted by Crippen LogP contribution is 2.50. The fraction of sp³-hybridized carbons (Fsp3) is 0.778. The van der Waals surface area contributed by atoms with Gasteiger partial charge in [-0.1, -0.05) is 19.4 Å². The molecule has 0 saturated heterocycles. The Balaban J connectivity index is 1.43. The molecule has 2 aliphatic carbocycles. The molecule has 0 radical (unpaired) electrons. The van der Waals surface area contributed by atoms with Gasteiger partial charge in [0.1, 0.15) is 0 Å². The molecule has 4 unspecified atom stereocenters. The minimum absolute atomic E-state index is 0.768. The Morgan fingerprint density at radius 1 is 1.35 bits per heavy atom. The SMILES string of the molecule is CCNC(CCCc1cccs1)CC1CC2CCC1C2. The molecule has 1 heterocycles. The molecule has 2 bridgehead atoms. The standard InChI is InChI=1S/C18H29NS/c1-2-19-17(5-3-6-18-7-4-10-20-18)13-16-12-14-8-9-15(16)11-14/h4,7,10,14-17,19H,2-3,5-6,8-9,11-13H2,1H3. The van der Waals surface area contributed by atoms with Gasteiger partial charge in [-0.25, -0.2) is 0 Å². The van der Waals surface area contributed by atoms with Crippen LogP contribution in [0.1, 0.15) is 56.7 Å². The van der Waals surface area contributed by atoms with Crippen LogP contribution in [0.5, 0.6) is 0 Å². The third-order valence-electron chi connectivity index (χ3n) is 5.52. The molecule has 3 rings (SSSR count). The highest BCUT2D eigenvalue weighted by atomic mass is 32.1. The first-order valence-corrected chi connectivity index (χ1v) is 9.49. The van der Waals surface area contributed by atoms with Crippen molar-refractivity contribution < 1.29 is 0 Å². The number of nitrogens with one attached hydrogen (secondary N) is 1. The number of fused-ring (bicyclic) bond motifs is 2. The first kappa shape index (κ1) is 14.6. The molecule has 2 heteroatoms. The third kappa shape index (κ3) is 3.65. The van der Waals surface area contributed by atoms with Crippen molar-refractivity contribution in [3.05, 3.63) is 22.4 Å². The van der Waals surface area contributed by atoms with Crippen LogP contribution in [0.25, 0.3) is 0 Å². The summed E-state index contributed by atoms with van der Waals surface area (Å²) in [5.74, 6) is 3.22. The molecule has 0 amide bonds. The molecule has 20 heavy (non-hydrogen) atoms. The second-order valence-electron chi connectivity index (χ2n) is 6.90. The molecule has 1 N–H and O–H groups in total. The van der Waals surface area contributed by atoms with Gasteiger partial charge in [-0.15, -0.1) is 11.3 Å². The molecule has 2 fully saturated rings. The van der Waals surface area contributed by atoms with E-state index in [2.05, 4.69) is 29.8 Å². The number of hydrogen-bond acceptors (Lipinski definition) is 2. The number of thiophene rings is 1. The van der Waals surface area contributed by atoms with Gasteiger partial charge in [0.05, 0.1) is 0 Å². The van der Waals surface area contributed by atoms with Crippen molar-refractivity contribution in [1.29, 1.82) is 0 Å². The molecular formula is C18H29NS. The lowest BCUT2D eigenvalue weighted by Crippen LogP contribution is -2.32. The van der Waals surface area contributed by atoms with Crippen LogP contribution < -0.4 is 5.32 Å². The Kier molecular flexibility index (Phi) is 5.17. The second kappa shape index (κ2) is 7.09. The Labute approximate surface area is 128 Å². The number of aryl methyl sites for hydroxylation is 1. The summed E-state index contributed by atoms with van der Waals surface area (Å²) in [6, 6.07) is 5.23. The van der Waals surface area contributed by atoms with E-state index >= 15 is 0 Å². The average Bonchev–Trinajstić information content (AvgIpc) is 3.16. The summed E-state index contributed by atoms with van der Waals surface area (Å²) in [5.41, 5.74) is 0. The lowest BCUT2D eigenvalue weighted by molar-refractivity contribution is 0.271. The summed E-state index contributed by atoms with van der Waals surface area (Å²) in [6.45, 7) is 3.39. The summed E-state index contributed by atoms with van der Waals surface area (Å²) >= 11 is 1.91. The quantitative estimate of drug-likeness (QED) is 0.720. The van der Waals surface area contributed by atoms with Crippen molar-refractivity contribution in [3.63, 3.8) is 0 Å². The van der Waals surface area contributed by atoms with E-state index in [9.17, 15) is 0 Å². The Morgan fingerprint density at radius 2 is 2.30 bits per heavy atom. The van der Waals surface area contributed by atoms with Crippen molar-refractivity contribution in [2.24, 2.45) is 17.8 Å². The largest absolute Gasteiger partial charge is 0.314 e. The topological polar surface area (TPSA) is 12.0 Å². The van der Waals surface area contributed by atoms with E-state index in [-0.39, 0.29) is 0 Å². The van der Waals surface area contributed by atoms with E-state index in [1.165, 1.54) is 44.9 Å². The predicted molar refractivity (Wildman–Crippen MR) is 88.3 cm³/mol. The average molecular weight is 292 g/mol. The van der Waals surface area contributed by atoms with Crippen molar-refractivity contribution >= 4 is 11.3 Å². The van der Waals surface area contributed by atoms with E-state index in [1.807, 2.05) is 11.3 Å². The lowest BCUT2D eigenvalue weighted by Gasteiger charge is -2.27. The van der Waals surface area contributed by atoms with Gasteiger partial charge >= 0.3 is 0 Å².